The van der Waals surface area contributed by atoms with Gasteiger partial charge in [-0.1, -0.05) is 65.0 Å². The highest BCUT2D eigenvalue weighted by molar-refractivity contribution is 7.08. The molecule has 0 amide bonds. The smallest absolute Gasteiger partial charge is 0.213 e. The van der Waals surface area contributed by atoms with Gasteiger partial charge in [0.05, 0.1) is 68.7 Å². The second kappa shape index (κ2) is 96.5. The van der Waals surface area contributed by atoms with Crippen molar-refractivity contribution in [2.24, 2.45) is 30.2 Å². The fourth-order valence-electron chi connectivity index (χ4n) is 4.86. The van der Waals surface area contributed by atoms with Crippen LogP contribution in [0.1, 0.15) is 12.8 Å². The number of aliphatic imine (C=N–C) groups is 4. The first-order valence-corrected chi connectivity index (χ1v) is 37.3. The summed E-state index contributed by atoms with van der Waals surface area (Å²) in [6, 6.07) is 24.2. The molecule has 0 fully saturated rings. The molecule has 21 heterocycles. The third-order valence-corrected chi connectivity index (χ3v) is 11.7. The number of azo groups is 1. The van der Waals surface area contributed by atoms with E-state index in [1.54, 1.807) is 212 Å². The van der Waals surface area contributed by atoms with Crippen LogP contribution in [0.25, 0.3) is 0 Å². The van der Waals surface area contributed by atoms with Crippen LogP contribution in [0.5, 0.6) is 0 Å². The van der Waals surface area contributed by atoms with E-state index >= 15 is 0 Å². The van der Waals surface area contributed by atoms with E-state index in [0.717, 1.165) is 32.5 Å². The molecule has 22 rings (SSSR count). The fraction of sp³-hybridized carbons (Fsp3) is 0.0685. The number of nitrogens with zero attached hydrogens (tertiary/aromatic N) is 34. The van der Waals surface area contributed by atoms with Crippen molar-refractivity contribution in [3.8, 4) is 0 Å². The average Bonchev–Trinajstić information content (AvgIpc) is 3.43. The molecule has 0 unspecified atom stereocenters. The molecule has 44 heteroatoms. The second-order valence-corrected chi connectivity index (χ2v) is 21.0. The second-order valence-electron chi connectivity index (χ2n) is 17.4. The van der Waals surface area contributed by atoms with Gasteiger partial charge >= 0.3 is 0 Å². The molecule has 4 aliphatic heterocycles. The predicted octanol–water partition coefficient (Wildman–Crippen LogP) is 14.2. The number of hydrogen-bond acceptors (Lipinski definition) is 44. The normalized spacial score (nSPS) is 10.1. The summed E-state index contributed by atoms with van der Waals surface area (Å²) >= 11 is 7.62. The number of aromatic nitrogens is 28. The van der Waals surface area contributed by atoms with Crippen LogP contribution in [0.2, 0.25) is 0 Å². The number of allylic oxidation sites excluding steroid dienone is 6. The molecule has 17 aromatic heterocycles. The van der Waals surface area contributed by atoms with Gasteiger partial charge in [0.1, 0.15) is 73.4 Å². The molecular formula is C73H78N34O5S5. The maximum Gasteiger partial charge on any atom is 0.213 e. The van der Waals surface area contributed by atoms with Gasteiger partial charge in [-0.15, -0.1) is 58.4 Å². The highest BCUT2D eigenvalue weighted by Gasteiger charge is 1.77. The molecule has 1 aliphatic carbocycles. The number of oxazole rings is 1. The molecular weight excluding hydrogens is 1590 g/mol. The molecule has 0 saturated heterocycles. The topological polar surface area (TPSA) is 501 Å². The standard InChI is InChI=1S/C5H5N.C5H6.3C4H4N2.2C4H5N.C4H4O.C4H4S.3C3H3N3.2C3H4N2.2C3H3NO.2C3H3NS.2C2H2N2O.2C2H2N2S/c1-2-4-6-5-3-1;1-2-4-5-3-1;1-2-6-4-3-5-1;1-2-5-4-6-3-1;1-2-4-6-5-3-1;4*1-2-4-5-3-1;1-4-2-6-3-5-1;1-2-5-6-3-4-1;1-2-4-6-5-3-1;1-2-5-3-4-1;1-2-4-5-3-1;1-2-5-3-4-1;1-2-4-5-3-1;1-2-5-3-4-1;1-2-4-5-3-1;1-3-4-2-5-1;1-3-2-5-4-1;1-3-4-2-5-1;1-3-2-5-4-1/h1-5H;1-4H,5H2;3*1-4H;1,3-4H,2H2;1-3H,4H2;2*1-4H;3*1-3H;1,3H,2H2;1-2H,3H2;4*1-3H;4*1-2H. The van der Waals surface area contributed by atoms with E-state index in [-0.39, 0.29) is 0 Å². The molecule has 5 aliphatic rings. The van der Waals surface area contributed by atoms with Gasteiger partial charge in [-0.05, 0) is 118 Å². The van der Waals surface area contributed by atoms with Crippen LogP contribution in [-0.2, 0) is 0 Å². The van der Waals surface area contributed by atoms with Crippen molar-refractivity contribution < 1.29 is 22.3 Å². The van der Waals surface area contributed by atoms with E-state index in [4.69, 9.17) is 0 Å². The third-order valence-electron chi connectivity index (χ3n) is 9.20. The Labute approximate surface area is 692 Å². The molecule has 600 valence electrons. The Kier molecular flexibility index (Phi) is 82.1. The zero-order valence-corrected chi connectivity index (χ0v) is 66.2. The first kappa shape index (κ1) is 99.5. The summed E-state index contributed by atoms with van der Waals surface area (Å²) in [6.07, 6.45) is 80.1. The molecule has 0 bridgehead atoms. The largest absolute Gasteiger partial charge is 0.473 e. The highest BCUT2D eigenvalue weighted by Crippen LogP contribution is 1.94. The number of pyridine rings is 1. The minimum absolute atomic E-state index is 0.778. The van der Waals surface area contributed by atoms with Crippen LogP contribution in [0.4, 0.5) is 0 Å². The quantitative estimate of drug-likeness (QED) is 0.136. The first-order chi connectivity index (χ1) is 58.5. The summed E-state index contributed by atoms with van der Waals surface area (Å²) in [5, 5.41) is 59.3. The number of thiazole rings is 1. The maximum atomic E-state index is 4.58. The number of thiophene rings is 1. The zero-order chi connectivity index (χ0) is 82.7. The van der Waals surface area contributed by atoms with E-state index in [0.29, 0.717) is 0 Å². The van der Waals surface area contributed by atoms with Gasteiger partial charge in [-0.3, -0.25) is 34.9 Å². The van der Waals surface area contributed by atoms with Gasteiger partial charge in [-0.2, -0.15) is 41.2 Å². The van der Waals surface area contributed by atoms with Crippen LogP contribution < -0.4 is 0 Å². The molecule has 0 aromatic carbocycles. The summed E-state index contributed by atoms with van der Waals surface area (Å²) in [5.41, 5.74) is 6.83. The Morgan fingerprint density at radius 2 is 0.974 bits per heavy atom. The van der Waals surface area contributed by atoms with Crippen molar-refractivity contribution in [2.45, 2.75) is 12.8 Å². The van der Waals surface area contributed by atoms with Crippen molar-refractivity contribution in [2.75, 3.05) is 19.6 Å². The SMILES string of the molecule is C1=CCC=C1.C1=CCN=C1.C1=CN=CC1.C1=CN=NC1.C1=NC=NC1.c1ccncc1.c1ccnnc1.c1ccoc1.c1ccsc1.c1cnccn1.c1cncnc1.c1cnncn1.c1cnnnc1.c1cnoc1.c1cnsc1.c1cocn1.c1cscn1.c1ncncn1.c1ncon1.c1ncsn1.c1nnco1.c1nncs1. The molecule has 39 nitrogen and oxygen atoms in total. The van der Waals surface area contributed by atoms with Gasteiger partial charge < -0.3 is 22.3 Å². The van der Waals surface area contributed by atoms with Crippen molar-refractivity contribution in [1.29, 1.82) is 0 Å². The summed E-state index contributed by atoms with van der Waals surface area (Å²) in [7, 11) is 0. The van der Waals surface area contributed by atoms with E-state index in [9.17, 15) is 0 Å². The molecule has 0 radical (unpaired) electrons. The zero-order valence-electron chi connectivity index (χ0n) is 62.1. The number of rotatable bonds is 0. The Hall–Kier alpha value is -15.5. The molecule has 17 aromatic rings. The molecule has 0 N–H and O–H groups in total. The maximum absolute atomic E-state index is 4.58. The molecule has 117 heavy (non-hydrogen) atoms. The summed E-state index contributed by atoms with van der Waals surface area (Å²) < 4.78 is 29.4. The summed E-state index contributed by atoms with van der Waals surface area (Å²) in [6.45, 7) is 2.44. The van der Waals surface area contributed by atoms with Crippen LogP contribution in [0.15, 0.2) is 442 Å². The van der Waals surface area contributed by atoms with Gasteiger partial charge in [0.2, 0.25) is 19.2 Å². The van der Waals surface area contributed by atoms with Crippen LogP contribution >= 0.6 is 57.1 Å². The van der Waals surface area contributed by atoms with Gasteiger partial charge in [0.25, 0.3) is 0 Å². The Morgan fingerprint density at radius 3 is 1.16 bits per heavy atom. The van der Waals surface area contributed by atoms with Crippen molar-refractivity contribution >= 4 is 82.1 Å². The van der Waals surface area contributed by atoms with Crippen molar-refractivity contribution in [3.63, 3.8) is 0 Å². The van der Waals surface area contributed by atoms with Crippen LogP contribution in [0, 0.1) is 0 Å². The Bertz CT molecular complexity index is 3280. The van der Waals surface area contributed by atoms with Gasteiger partial charge in [0, 0.05) is 129 Å². The lowest BCUT2D eigenvalue weighted by molar-refractivity contribution is 0.416. The molecule has 0 atom stereocenters. The molecule has 0 saturated carbocycles. The minimum atomic E-state index is 0.778. The minimum Gasteiger partial charge on any atom is -0.473 e. The lowest BCUT2D eigenvalue weighted by atomic mass is 10.5. The van der Waals surface area contributed by atoms with Crippen molar-refractivity contribution in [3.05, 3.63) is 390 Å². The Balaban J connectivity index is 0.000000613. The van der Waals surface area contributed by atoms with Crippen molar-refractivity contribution in [1.82, 2.24) is 140 Å². The lowest BCUT2D eigenvalue weighted by Crippen LogP contribution is -1.78. The predicted molar refractivity (Wildman–Crippen MR) is 447 cm³/mol. The third kappa shape index (κ3) is 94.6. The van der Waals surface area contributed by atoms with E-state index in [1.807, 2.05) is 113 Å². The average molecular weight is 1670 g/mol. The van der Waals surface area contributed by atoms with Gasteiger partial charge in [-0.25, -0.2) is 54.2 Å². The number of furan rings is 1. The van der Waals surface area contributed by atoms with Crippen LogP contribution in [0.3, 0.4) is 0 Å². The summed E-state index contributed by atoms with van der Waals surface area (Å²) in [5.74, 6) is 0. The monoisotopic (exact) mass is 1670 g/mol. The van der Waals surface area contributed by atoms with Gasteiger partial charge in [0.15, 0.2) is 12.7 Å². The van der Waals surface area contributed by atoms with Crippen LogP contribution in [-0.4, -0.2) is 185 Å². The fourth-order valence-corrected chi connectivity index (χ4v) is 6.56. The van der Waals surface area contributed by atoms with E-state index in [1.165, 1.54) is 123 Å². The van der Waals surface area contributed by atoms with E-state index < -0.39 is 0 Å². The van der Waals surface area contributed by atoms with E-state index in [2.05, 4.69) is 217 Å². The molecule has 0 spiro atoms. The lowest BCUT2D eigenvalue weighted by Gasteiger charge is -1.70. The number of hydrogen-bond donors (Lipinski definition) is 0. The first-order valence-electron chi connectivity index (χ1n) is 32.8. The Morgan fingerprint density at radius 1 is 0.282 bits per heavy atom. The highest BCUT2D eigenvalue weighted by atomic mass is 32.1. The summed E-state index contributed by atoms with van der Waals surface area (Å²) in [4.78, 5) is 62.3.